The van der Waals surface area contributed by atoms with Crippen molar-refractivity contribution in [3.63, 3.8) is 0 Å². The van der Waals surface area contributed by atoms with E-state index in [1.165, 1.54) is 5.56 Å². The number of rotatable bonds is 6. The number of nitrogens with zero attached hydrogens (tertiary/aromatic N) is 2. The molecule has 5 heteroatoms. The minimum atomic E-state index is 0.144. The van der Waals surface area contributed by atoms with Crippen LogP contribution in [0.2, 0.25) is 0 Å². The van der Waals surface area contributed by atoms with Gasteiger partial charge in [0.1, 0.15) is 0 Å². The fourth-order valence-corrected chi connectivity index (χ4v) is 2.23. The first-order valence-corrected chi connectivity index (χ1v) is 6.70. The summed E-state index contributed by atoms with van der Waals surface area (Å²) in [6, 6.07) is 0.300. The molecule has 1 N–H and O–H groups in total. The largest absolute Gasteiger partial charge is 0.376 e. The first kappa shape index (κ1) is 13.5. The maximum atomic E-state index is 5.80. The van der Waals surface area contributed by atoms with E-state index in [-0.39, 0.29) is 6.10 Å². The van der Waals surface area contributed by atoms with Crippen molar-refractivity contribution in [2.45, 2.75) is 31.9 Å². The molecule has 5 nitrogen and oxygen atoms in total. The van der Waals surface area contributed by atoms with Crippen LogP contribution in [0.15, 0.2) is 12.4 Å². The number of nitrogens with one attached hydrogen (secondary N) is 1. The van der Waals surface area contributed by atoms with Crippen molar-refractivity contribution < 1.29 is 9.47 Å². The van der Waals surface area contributed by atoms with E-state index in [1.807, 2.05) is 17.9 Å². The van der Waals surface area contributed by atoms with E-state index >= 15 is 0 Å². The molecular formula is C13H23N3O2. The van der Waals surface area contributed by atoms with Crippen molar-refractivity contribution in [3.05, 3.63) is 18.0 Å². The van der Waals surface area contributed by atoms with Gasteiger partial charge >= 0.3 is 0 Å². The Labute approximate surface area is 108 Å². The van der Waals surface area contributed by atoms with Gasteiger partial charge in [0, 0.05) is 19.3 Å². The second-order valence-corrected chi connectivity index (χ2v) is 4.77. The van der Waals surface area contributed by atoms with Crippen molar-refractivity contribution in [1.82, 2.24) is 15.1 Å². The van der Waals surface area contributed by atoms with Gasteiger partial charge in [-0.2, -0.15) is 5.10 Å². The van der Waals surface area contributed by atoms with Crippen LogP contribution < -0.4 is 5.32 Å². The summed E-state index contributed by atoms with van der Waals surface area (Å²) in [6.07, 6.45) is 6.18. The molecule has 0 bridgehead atoms. The van der Waals surface area contributed by atoms with E-state index in [1.54, 1.807) is 0 Å². The Hall–Kier alpha value is -0.910. The third-order valence-corrected chi connectivity index (χ3v) is 3.16. The maximum Gasteiger partial charge on any atom is 0.0965 e. The molecule has 2 atom stereocenters. The second kappa shape index (κ2) is 6.87. The fraction of sp³-hybridized carbons (Fsp3) is 0.769. The van der Waals surface area contributed by atoms with E-state index in [0.717, 1.165) is 19.4 Å². The molecule has 0 aromatic carbocycles. The summed E-state index contributed by atoms with van der Waals surface area (Å²) < 4.78 is 13.1. The number of aryl methyl sites for hydroxylation is 1. The van der Waals surface area contributed by atoms with Gasteiger partial charge in [-0.25, -0.2) is 0 Å². The lowest BCUT2D eigenvalue weighted by Crippen LogP contribution is -2.48. The highest BCUT2D eigenvalue weighted by Crippen LogP contribution is 2.11. The number of hydrogen-bond acceptors (Lipinski definition) is 4. The Morgan fingerprint density at radius 1 is 1.56 bits per heavy atom. The summed E-state index contributed by atoms with van der Waals surface area (Å²) in [7, 11) is 1.94. The molecule has 0 aliphatic carbocycles. The van der Waals surface area contributed by atoms with Gasteiger partial charge in [-0.15, -0.1) is 0 Å². The first-order chi connectivity index (χ1) is 8.79. The average Bonchev–Trinajstić information content (AvgIpc) is 2.81. The SMILES string of the molecule is CCCNC(Cc1cnn(C)c1)C1COCCO1. The zero-order chi connectivity index (χ0) is 12.8. The molecule has 0 radical (unpaired) electrons. The normalized spacial score (nSPS) is 22.0. The summed E-state index contributed by atoms with van der Waals surface area (Å²) in [5, 5.41) is 7.77. The summed E-state index contributed by atoms with van der Waals surface area (Å²) in [5.74, 6) is 0. The van der Waals surface area contributed by atoms with Crippen LogP contribution >= 0.6 is 0 Å². The molecule has 2 heterocycles. The minimum absolute atomic E-state index is 0.144. The summed E-state index contributed by atoms with van der Waals surface area (Å²) in [5.41, 5.74) is 1.24. The van der Waals surface area contributed by atoms with Gasteiger partial charge in [-0.3, -0.25) is 4.68 Å². The molecule has 0 amide bonds. The highest BCUT2D eigenvalue weighted by Gasteiger charge is 2.25. The number of ether oxygens (including phenoxy) is 2. The molecule has 1 aromatic rings. The highest BCUT2D eigenvalue weighted by atomic mass is 16.6. The molecule has 1 fully saturated rings. The van der Waals surface area contributed by atoms with Crippen molar-refractivity contribution >= 4 is 0 Å². The predicted octanol–water partition coefficient (Wildman–Crippen LogP) is 0.746. The molecule has 1 aliphatic heterocycles. The van der Waals surface area contributed by atoms with E-state index < -0.39 is 0 Å². The second-order valence-electron chi connectivity index (χ2n) is 4.77. The number of aromatic nitrogens is 2. The van der Waals surface area contributed by atoms with Gasteiger partial charge in [0.05, 0.1) is 32.1 Å². The molecule has 0 saturated carbocycles. The van der Waals surface area contributed by atoms with Crippen LogP contribution in [0.4, 0.5) is 0 Å². The fourth-order valence-electron chi connectivity index (χ4n) is 2.23. The van der Waals surface area contributed by atoms with Crippen LogP contribution in [-0.2, 0) is 22.9 Å². The lowest BCUT2D eigenvalue weighted by atomic mass is 10.0. The van der Waals surface area contributed by atoms with Gasteiger partial charge in [-0.1, -0.05) is 6.92 Å². The van der Waals surface area contributed by atoms with E-state index in [2.05, 4.69) is 23.5 Å². The predicted molar refractivity (Wildman–Crippen MR) is 69.6 cm³/mol. The Kier molecular flexibility index (Phi) is 5.16. The molecule has 102 valence electrons. The van der Waals surface area contributed by atoms with E-state index in [9.17, 15) is 0 Å². The van der Waals surface area contributed by atoms with Crippen LogP contribution in [0.25, 0.3) is 0 Å². The van der Waals surface area contributed by atoms with Crippen LogP contribution in [0.1, 0.15) is 18.9 Å². The van der Waals surface area contributed by atoms with Gasteiger partial charge in [0.15, 0.2) is 0 Å². The topological polar surface area (TPSA) is 48.3 Å². The van der Waals surface area contributed by atoms with Crippen molar-refractivity contribution in [2.24, 2.45) is 7.05 Å². The third kappa shape index (κ3) is 3.80. The van der Waals surface area contributed by atoms with Gasteiger partial charge in [-0.05, 0) is 24.9 Å². The summed E-state index contributed by atoms with van der Waals surface area (Å²) in [4.78, 5) is 0. The van der Waals surface area contributed by atoms with Crippen molar-refractivity contribution in [1.29, 1.82) is 0 Å². The lowest BCUT2D eigenvalue weighted by molar-refractivity contribution is -0.101. The summed E-state index contributed by atoms with van der Waals surface area (Å²) in [6.45, 7) is 5.27. The van der Waals surface area contributed by atoms with Gasteiger partial charge < -0.3 is 14.8 Å². The third-order valence-electron chi connectivity index (χ3n) is 3.16. The zero-order valence-corrected chi connectivity index (χ0v) is 11.3. The molecule has 2 unspecified atom stereocenters. The van der Waals surface area contributed by atoms with Crippen LogP contribution in [0, 0.1) is 0 Å². The quantitative estimate of drug-likeness (QED) is 0.812. The zero-order valence-electron chi connectivity index (χ0n) is 11.3. The Balaban J connectivity index is 1.94. The molecular weight excluding hydrogens is 230 g/mol. The van der Waals surface area contributed by atoms with E-state index in [4.69, 9.17) is 9.47 Å². The average molecular weight is 253 g/mol. The molecule has 1 saturated heterocycles. The lowest BCUT2D eigenvalue weighted by Gasteiger charge is -2.31. The van der Waals surface area contributed by atoms with Crippen LogP contribution in [0.5, 0.6) is 0 Å². The monoisotopic (exact) mass is 253 g/mol. The van der Waals surface area contributed by atoms with Gasteiger partial charge in [0.25, 0.3) is 0 Å². The van der Waals surface area contributed by atoms with Gasteiger partial charge in [0.2, 0.25) is 0 Å². The minimum Gasteiger partial charge on any atom is -0.376 e. The van der Waals surface area contributed by atoms with Crippen LogP contribution in [-0.4, -0.2) is 48.3 Å². The Morgan fingerprint density at radius 3 is 3.06 bits per heavy atom. The van der Waals surface area contributed by atoms with Crippen LogP contribution in [0.3, 0.4) is 0 Å². The van der Waals surface area contributed by atoms with E-state index in [0.29, 0.717) is 25.9 Å². The molecule has 1 aliphatic rings. The standard InChI is InChI=1S/C13H23N3O2/c1-3-4-14-12(13-10-17-5-6-18-13)7-11-8-15-16(2)9-11/h8-9,12-14H,3-7,10H2,1-2H3. The maximum absolute atomic E-state index is 5.80. The highest BCUT2D eigenvalue weighted by molar-refractivity contribution is 5.07. The molecule has 1 aromatic heterocycles. The first-order valence-electron chi connectivity index (χ1n) is 6.70. The number of hydrogen-bond donors (Lipinski definition) is 1. The molecule has 0 spiro atoms. The summed E-state index contributed by atoms with van der Waals surface area (Å²) >= 11 is 0. The molecule has 2 rings (SSSR count). The molecule has 18 heavy (non-hydrogen) atoms. The Morgan fingerprint density at radius 2 is 2.44 bits per heavy atom. The van der Waals surface area contributed by atoms with Crippen molar-refractivity contribution in [2.75, 3.05) is 26.4 Å². The van der Waals surface area contributed by atoms with Crippen molar-refractivity contribution in [3.8, 4) is 0 Å². The Bertz CT molecular complexity index is 348. The smallest absolute Gasteiger partial charge is 0.0965 e.